The number of amides is 1. The zero-order chi connectivity index (χ0) is 20.5. The first-order chi connectivity index (χ1) is 13.2. The number of hydrogen-bond donors (Lipinski definition) is 1. The number of pyridine rings is 1. The highest BCUT2D eigenvalue weighted by molar-refractivity contribution is 6.05. The van der Waals surface area contributed by atoms with Crippen LogP contribution in [0.3, 0.4) is 0 Å². The van der Waals surface area contributed by atoms with E-state index in [4.69, 9.17) is 0 Å². The lowest BCUT2D eigenvalue weighted by Crippen LogP contribution is -2.25. The van der Waals surface area contributed by atoms with E-state index in [1.54, 1.807) is 29.9 Å². The smallest absolute Gasteiger partial charge is 0.405 e. The lowest BCUT2D eigenvalue weighted by molar-refractivity contribution is -0.274. The molecule has 148 valence electrons. The number of aryl methyl sites for hydroxylation is 1. The van der Waals surface area contributed by atoms with Crippen LogP contribution in [0.25, 0.3) is 11.0 Å². The summed E-state index contributed by atoms with van der Waals surface area (Å²) in [5.74, 6) is -0.778. The van der Waals surface area contributed by atoms with Crippen LogP contribution in [0, 0.1) is 6.92 Å². The molecule has 2 aromatic heterocycles. The lowest BCUT2D eigenvalue weighted by atomic mass is 10.1. The third-order valence-electron chi connectivity index (χ3n) is 4.07. The van der Waals surface area contributed by atoms with Crippen LogP contribution in [0.15, 0.2) is 36.5 Å². The van der Waals surface area contributed by atoms with Gasteiger partial charge in [0.25, 0.3) is 5.91 Å². The average Bonchev–Trinajstić information content (AvgIpc) is 3.02. The number of fused-ring (bicyclic) bond motifs is 1. The quantitative estimate of drug-likeness (QED) is 0.708. The average molecular weight is 392 g/mol. The monoisotopic (exact) mass is 392 g/mol. The second kappa shape index (κ2) is 7.49. The summed E-state index contributed by atoms with van der Waals surface area (Å²) in [6, 6.07) is 7.37. The van der Waals surface area contributed by atoms with Crippen LogP contribution in [0.4, 0.5) is 13.2 Å². The first kappa shape index (κ1) is 19.7. The molecule has 1 amide bonds. The molecule has 6 nitrogen and oxygen atoms in total. The topological polar surface area (TPSA) is 69.0 Å². The fourth-order valence-electron chi connectivity index (χ4n) is 2.85. The molecule has 3 rings (SSSR count). The van der Waals surface area contributed by atoms with Gasteiger partial charge in [0.2, 0.25) is 0 Å². The molecule has 2 heterocycles. The molecule has 1 N–H and O–H groups in total. The summed E-state index contributed by atoms with van der Waals surface area (Å²) >= 11 is 0. The number of carbonyl (C=O) groups excluding carboxylic acids is 1. The summed E-state index contributed by atoms with van der Waals surface area (Å²) in [4.78, 5) is 17.2. The van der Waals surface area contributed by atoms with E-state index in [9.17, 15) is 18.0 Å². The zero-order valence-corrected chi connectivity index (χ0v) is 15.5. The van der Waals surface area contributed by atoms with Gasteiger partial charge in [-0.2, -0.15) is 5.10 Å². The number of nitrogens with zero attached hydrogens (tertiary/aromatic N) is 3. The predicted octanol–water partition coefficient (Wildman–Crippen LogP) is 4.15. The Bertz CT molecular complexity index is 1010. The minimum absolute atomic E-state index is 0.0640. The number of ether oxygens (including phenoxy) is 1. The van der Waals surface area contributed by atoms with E-state index in [2.05, 4.69) is 20.1 Å². The summed E-state index contributed by atoms with van der Waals surface area (Å²) in [5, 5.41) is 7.51. The van der Waals surface area contributed by atoms with Crippen LogP contribution in [0.1, 0.15) is 41.5 Å². The Morgan fingerprint density at radius 3 is 2.68 bits per heavy atom. The lowest BCUT2D eigenvalue weighted by Gasteiger charge is -2.14. The minimum atomic E-state index is -4.81. The van der Waals surface area contributed by atoms with E-state index in [-0.39, 0.29) is 23.9 Å². The van der Waals surface area contributed by atoms with Gasteiger partial charge in [0.1, 0.15) is 5.75 Å². The number of hydrogen-bond acceptors (Lipinski definition) is 4. The van der Waals surface area contributed by atoms with E-state index in [0.717, 1.165) is 0 Å². The third-order valence-corrected chi connectivity index (χ3v) is 4.07. The molecule has 0 aliphatic rings. The molecule has 0 radical (unpaired) electrons. The molecule has 0 saturated heterocycles. The molecule has 0 fully saturated rings. The predicted molar refractivity (Wildman–Crippen MR) is 96.9 cm³/mol. The van der Waals surface area contributed by atoms with Gasteiger partial charge in [0, 0.05) is 23.8 Å². The van der Waals surface area contributed by atoms with Crippen molar-refractivity contribution in [1.29, 1.82) is 0 Å². The van der Waals surface area contributed by atoms with E-state index >= 15 is 0 Å². The van der Waals surface area contributed by atoms with Crippen molar-refractivity contribution >= 4 is 16.9 Å². The Hall–Kier alpha value is -3.10. The Morgan fingerprint density at radius 1 is 1.29 bits per heavy atom. The van der Waals surface area contributed by atoms with Crippen molar-refractivity contribution in [2.24, 2.45) is 0 Å². The van der Waals surface area contributed by atoms with Gasteiger partial charge < -0.3 is 10.1 Å². The highest BCUT2D eigenvalue weighted by Crippen LogP contribution is 2.26. The first-order valence-corrected chi connectivity index (χ1v) is 8.62. The van der Waals surface area contributed by atoms with Crippen molar-refractivity contribution in [2.45, 2.75) is 39.7 Å². The van der Waals surface area contributed by atoms with Crippen molar-refractivity contribution in [3.8, 4) is 5.75 Å². The molecule has 0 unspecified atom stereocenters. The fraction of sp³-hybridized carbons (Fsp3) is 0.316. The van der Waals surface area contributed by atoms with Crippen LogP contribution >= 0.6 is 0 Å². The van der Waals surface area contributed by atoms with Crippen LogP contribution in [-0.2, 0) is 6.54 Å². The zero-order valence-electron chi connectivity index (χ0n) is 15.5. The molecular formula is C19H19F3N4O2. The van der Waals surface area contributed by atoms with E-state index in [1.165, 1.54) is 18.2 Å². The van der Waals surface area contributed by atoms with Gasteiger partial charge >= 0.3 is 6.36 Å². The summed E-state index contributed by atoms with van der Waals surface area (Å²) in [6.07, 6.45) is -3.24. The normalized spacial score (nSPS) is 11.8. The van der Waals surface area contributed by atoms with E-state index < -0.39 is 12.3 Å². The van der Waals surface area contributed by atoms with Crippen LogP contribution < -0.4 is 10.1 Å². The van der Waals surface area contributed by atoms with Crippen LogP contribution in [0.5, 0.6) is 5.75 Å². The van der Waals surface area contributed by atoms with Gasteiger partial charge in [-0.05, 0) is 32.9 Å². The number of halogens is 3. The van der Waals surface area contributed by atoms with Gasteiger partial charge in [-0.25, -0.2) is 9.67 Å². The molecule has 0 aliphatic heterocycles. The maximum absolute atomic E-state index is 12.7. The van der Waals surface area contributed by atoms with E-state index in [1.807, 2.05) is 13.8 Å². The third kappa shape index (κ3) is 4.24. The molecule has 1 aromatic carbocycles. The van der Waals surface area contributed by atoms with Crippen molar-refractivity contribution in [3.05, 3.63) is 53.3 Å². The number of para-hydroxylation sites is 1. The molecule has 0 atom stereocenters. The summed E-state index contributed by atoms with van der Waals surface area (Å²) in [6.45, 7) is 5.55. The SMILES string of the molecule is Cc1cc(C(=O)NCc2ccccc2OC(F)(F)F)c2cnn(C(C)C)c2n1. The maximum Gasteiger partial charge on any atom is 0.573 e. The molecule has 0 saturated carbocycles. The minimum Gasteiger partial charge on any atom is -0.405 e. The molecule has 3 aromatic rings. The number of nitrogens with one attached hydrogen (secondary N) is 1. The Kier molecular flexibility index (Phi) is 5.26. The molecule has 0 spiro atoms. The number of benzene rings is 1. The number of alkyl halides is 3. The van der Waals surface area contributed by atoms with Crippen LogP contribution in [-0.4, -0.2) is 27.0 Å². The molecule has 0 bridgehead atoms. The Morgan fingerprint density at radius 2 is 2.00 bits per heavy atom. The van der Waals surface area contributed by atoms with Gasteiger partial charge in [-0.15, -0.1) is 13.2 Å². The van der Waals surface area contributed by atoms with Gasteiger partial charge in [0.15, 0.2) is 5.65 Å². The molecular weight excluding hydrogens is 373 g/mol. The van der Waals surface area contributed by atoms with Gasteiger partial charge in [0.05, 0.1) is 17.1 Å². The Labute approximate surface area is 159 Å². The highest BCUT2D eigenvalue weighted by atomic mass is 19.4. The molecule has 9 heteroatoms. The van der Waals surface area contributed by atoms with Crippen molar-refractivity contribution in [2.75, 3.05) is 0 Å². The highest BCUT2D eigenvalue weighted by Gasteiger charge is 2.32. The standard InChI is InChI=1S/C19H19F3N4O2/c1-11(2)26-17-15(10-24-26)14(8-12(3)25-17)18(27)23-9-13-6-4-5-7-16(13)28-19(20,21)22/h4-8,10-11H,9H2,1-3H3,(H,23,27). The van der Waals surface area contributed by atoms with E-state index in [0.29, 0.717) is 22.3 Å². The first-order valence-electron chi connectivity index (χ1n) is 8.62. The molecule has 28 heavy (non-hydrogen) atoms. The number of rotatable bonds is 5. The summed E-state index contributed by atoms with van der Waals surface area (Å²) in [5.41, 5.74) is 1.80. The van der Waals surface area contributed by atoms with Crippen molar-refractivity contribution in [3.63, 3.8) is 0 Å². The van der Waals surface area contributed by atoms with Crippen molar-refractivity contribution in [1.82, 2.24) is 20.1 Å². The Balaban J connectivity index is 1.85. The molecule has 0 aliphatic carbocycles. The fourth-order valence-corrected chi connectivity index (χ4v) is 2.85. The van der Waals surface area contributed by atoms with Crippen LogP contribution in [0.2, 0.25) is 0 Å². The van der Waals surface area contributed by atoms with Crippen molar-refractivity contribution < 1.29 is 22.7 Å². The summed E-state index contributed by atoms with van der Waals surface area (Å²) < 4.78 is 43.4. The second-order valence-electron chi connectivity index (χ2n) is 6.57. The second-order valence-corrected chi connectivity index (χ2v) is 6.57. The summed E-state index contributed by atoms with van der Waals surface area (Å²) in [7, 11) is 0. The maximum atomic E-state index is 12.7. The largest absolute Gasteiger partial charge is 0.573 e. The van der Waals surface area contributed by atoms with Gasteiger partial charge in [-0.1, -0.05) is 18.2 Å². The number of carbonyl (C=O) groups is 1. The number of aromatic nitrogens is 3. The van der Waals surface area contributed by atoms with Gasteiger partial charge in [-0.3, -0.25) is 4.79 Å².